The lowest BCUT2D eigenvalue weighted by Crippen LogP contribution is -2.60. The van der Waals surface area contributed by atoms with Crippen molar-refractivity contribution in [3.05, 3.63) is 65.7 Å². The van der Waals surface area contributed by atoms with Gasteiger partial charge in [0.1, 0.15) is 0 Å². The van der Waals surface area contributed by atoms with Crippen molar-refractivity contribution < 1.29 is 9.59 Å². The fourth-order valence-corrected chi connectivity index (χ4v) is 4.82. The molecule has 1 saturated heterocycles. The monoisotopic (exact) mass is 333 g/mol. The van der Waals surface area contributed by atoms with Crippen molar-refractivity contribution in [1.82, 2.24) is 10.6 Å². The van der Waals surface area contributed by atoms with E-state index >= 15 is 0 Å². The number of fused-ring (bicyclic) bond motifs is 3. The number of rotatable bonds is 1. The Kier molecular flexibility index (Phi) is 3.10. The van der Waals surface area contributed by atoms with Crippen LogP contribution in [0.25, 0.3) is 0 Å². The van der Waals surface area contributed by atoms with Crippen LogP contribution in [0.15, 0.2) is 54.6 Å². The van der Waals surface area contributed by atoms with Crippen molar-refractivity contribution >= 4 is 17.7 Å². The van der Waals surface area contributed by atoms with Crippen LogP contribution in [0.3, 0.4) is 0 Å². The third-order valence-corrected chi connectivity index (χ3v) is 5.85. The molecule has 0 radical (unpaired) electrons. The Morgan fingerprint density at radius 1 is 0.800 bits per heavy atom. The molecule has 0 aromatic heterocycles. The van der Waals surface area contributed by atoms with Crippen molar-refractivity contribution in [2.45, 2.75) is 30.8 Å². The van der Waals surface area contributed by atoms with Crippen molar-refractivity contribution in [2.24, 2.45) is 5.92 Å². The maximum absolute atomic E-state index is 12.9. The molecule has 0 spiro atoms. The van der Waals surface area contributed by atoms with Gasteiger partial charge in [0, 0.05) is 17.9 Å². The van der Waals surface area contributed by atoms with Crippen LogP contribution in [-0.4, -0.2) is 18.1 Å². The molecule has 2 N–H and O–H groups in total. The van der Waals surface area contributed by atoms with Gasteiger partial charge < -0.3 is 10.6 Å². The quantitative estimate of drug-likeness (QED) is 0.838. The van der Waals surface area contributed by atoms with Gasteiger partial charge in [-0.15, -0.1) is 0 Å². The molecule has 2 aromatic rings. The van der Waals surface area contributed by atoms with Crippen LogP contribution in [0.5, 0.6) is 0 Å². The zero-order valence-corrected chi connectivity index (χ0v) is 13.7. The Morgan fingerprint density at radius 2 is 1.48 bits per heavy atom. The van der Waals surface area contributed by atoms with E-state index < -0.39 is 0 Å². The van der Waals surface area contributed by atoms with Gasteiger partial charge in [-0.2, -0.15) is 0 Å². The van der Waals surface area contributed by atoms with Crippen LogP contribution in [0.4, 0.5) is 15.3 Å². The van der Waals surface area contributed by atoms with Crippen molar-refractivity contribution in [3.63, 3.8) is 0 Å². The molecule has 0 unspecified atom stereocenters. The molecule has 5 heteroatoms. The molecule has 4 amide bonds. The highest BCUT2D eigenvalue weighted by atomic mass is 16.2. The van der Waals surface area contributed by atoms with Crippen LogP contribution in [-0.2, 0) is 0 Å². The summed E-state index contributed by atoms with van der Waals surface area (Å²) < 4.78 is 0. The summed E-state index contributed by atoms with van der Waals surface area (Å²) in [6.45, 7) is 0. The van der Waals surface area contributed by atoms with Crippen LogP contribution < -0.4 is 15.5 Å². The third-order valence-electron chi connectivity index (χ3n) is 5.85. The van der Waals surface area contributed by atoms with E-state index in [1.807, 2.05) is 30.3 Å². The molecule has 4 bridgehead atoms. The maximum atomic E-state index is 12.9. The topological polar surface area (TPSA) is 61.4 Å². The fourth-order valence-electron chi connectivity index (χ4n) is 4.82. The van der Waals surface area contributed by atoms with E-state index in [-0.39, 0.29) is 30.1 Å². The highest BCUT2D eigenvalue weighted by Crippen LogP contribution is 2.51. The van der Waals surface area contributed by atoms with E-state index in [9.17, 15) is 9.59 Å². The zero-order valence-electron chi connectivity index (χ0n) is 13.7. The van der Waals surface area contributed by atoms with Crippen molar-refractivity contribution in [3.8, 4) is 0 Å². The van der Waals surface area contributed by atoms with Gasteiger partial charge in [0.15, 0.2) is 0 Å². The van der Waals surface area contributed by atoms with Crippen molar-refractivity contribution in [2.75, 3.05) is 4.90 Å². The first-order valence-corrected chi connectivity index (χ1v) is 8.79. The molecule has 4 atom stereocenters. The highest BCUT2D eigenvalue weighted by molar-refractivity contribution is 6.14. The summed E-state index contributed by atoms with van der Waals surface area (Å²) >= 11 is 0. The maximum Gasteiger partial charge on any atom is 0.330 e. The third kappa shape index (κ3) is 2.08. The standard InChI is InChI=1S/C20H19N3O2/c24-19-21-17-14-9-5-4-8-13(14)15-10-11-16(17)18(15)22-20(25)23(19)12-6-2-1-3-7-12/h1-9,15-18H,10-11H2,(H,21,24)(H,22,25)/t15-,16-,17+,18+/m0/s1. The lowest BCUT2D eigenvalue weighted by atomic mass is 9.75. The Bertz CT molecular complexity index is 851. The molecule has 1 aliphatic heterocycles. The first-order chi connectivity index (χ1) is 12.2. The molecule has 2 aliphatic carbocycles. The first-order valence-electron chi connectivity index (χ1n) is 8.79. The van der Waals surface area contributed by atoms with Gasteiger partial charge in [-0.05, 0) is 36.1 Å². The lowest BCUT2D eigenvalue weighted by molar-refractivity contribution is 0.206. The molecule has 5 nitrogen and oxygen atoms in total. The minimum atomic E-state index is -0.368. The smallest absolute Gasteiger partial charge is 0.330 e. The van der Waals surface area contributed by atoms with Crippen LogP contribution in [0, 0.1) is 5.92 Å². The van der Waals surface area contributed by atoms with E-state index in [1.165, 1.54) is 16.0 Å². The number of imide groups is 1. The summed E-state index contributed by atoms with van der Waals surface area (Å²) in [7, 11) is 0. The van der Waals surface area contributed by atoms with Crippen LogP contribution in [0.1, 0.15) is 35.9 Å². The summed E-state index contributed by atoms with van der Waals surface area (Å²) in [5.74, 6) is 0.583. The van der Waals surface area contributed by atoms with E-state index in [0.29, 0.717) is 11.6 Å². The molecule has 2 aromatic carbocycles. The molecule has 2 fully saturated rings. The van der Waals surface area contributed by atoms with Gasteiger partial charge in [-0.25, -0.2) is 14.5 Å². The highest BCUT2D eigenvalue weighted by Gasteiger charge is 2.50. The number of benzene rings is 2. The number of anilines is 1. The number of amides is 4. The summed E-state index contributed by atoms with van der Waals surface area (Å²) in [6.07, 6.45) is 2.06. The number of carbonyl (C=O) groups is 2. The Hall–Kier alpha value is -2.82. The van der Waals surface area contributed by atoms with Gasteiger partial charge in [-0.3, -0.25) is 0 Å². The summed E-state index contributed by atoms with van der Waals surface area (Å²) in [5, 5.41) is 6.30. The summed E-state index contributed by atoms with van der Waals surface area (Å²) in [4.78, 5) is 27.0. The molecule has 126 valence electrons. The molecular formula is C20H19N3O2. The molecule has 25 heavy (non-hydrogen) atoms. The van der Waals surface area contributed by atoms with E-state index in [2.05, 4.69) is 22.8 Å². The number of nitrogens with zero attached hydrogens (tertiary/aromatic N) is 1. The molecule has 1 saturated carbocycles. The van der Waals surface area contributed by atoms with Gasteiger partial charge in [0.25, 0.3) is 0 Å². The summed E-state index contributed by atoms with van der Waals surface area (Å²) in [6, 6.07) is 16.7. The fraction of sp³-hybridized carbons (Fsp3) is 0.300. The number of urea groups is 2. The van der Waals surface area contributed by atoms with Gasteiger partial charge in [0.05, 0.1) is 11.7 Å². The van der Waals surface area contributed by atoms with Crippen molar-refractivity contribution in [1.29, 1.82) is 0 Å². The SMILES string of the molecule is O=C1N[C@H]2[C@H]3CC[C@H]2c2ccccc2[C@H]3NC(=O)N1c1ccccc1. The average Bonchev–Trinajstić information content (AvgIpc) is 2.95. The minimum Gasteiger partial charge on any atom is -0.334 e. The predicted octanol–water partition coefficient (Wildman–Crippen LogP) is 3.54. The Morgan fingerprint density at radius 3 is 2.28 bits per heavy atom. The van der Waals surface area contributed by atoms with E-state index in [1.54, 1.807) is 12.1 Å². The van der Waals surface area contributed by atoms with E-state index in [4.69, 9.17) is 0 Å². The second-order valence-electron chi connectivity index (χ2n) is 7.05. The first kappa shape index (κ1) is 14.5. The Labute approximate surface area is 146 Å². The average molecular weight is 333 g/mol. The second kappa shape index (κ2) is 5.34. The second-order valence-corrected chi connectivity index (χ2v) is 7.05. The largest absolute Gasteiger partial charge is 0.334 e. The number of hydrogen-bond donors (Lipinski definition) is 2. The number of carbonyl (C=O) groups excluding carboxylic acids is 2. The molecule has 5 rings (SSSR count). The number of para-hydroxylation sites is 1. The number of hydrogen-bond acceptors (Lipinski definition) is 2. The van der Waals surface area contributed by atoms with Gasteiger partial charge >= 0.3 is 12.1 Å². The predicted molar refractivity (Wildman–Crippen MR) is 94.4 cm³/mol. The minimum absolute atomic E-state index is 0.0562. The van der Waals surface area contributed by atoms with E-state index in [0.717, 1.165) is 12.8 Å². The molecular weight excluding hydrogens is 314 g/mol. The lowest BCUT2D eigenvalue weighted by Gasteiger charge is -2.42. The molecule has 3 aliphatic rings. The van der Waals surface area contributed by atoms with Gasteiger partial charge in [-0.1, -0.05) is 42.5 Å². The van der Waals surface area contributed by atoms with Crippen LogP contribution >= 0.6 is 0 Å². The van der Waals surface area contributed by atoms with Crippen LogP contribution in [0.2, 0.25) is 0 Å². The Balaban J connectivity index is 1.60. The summed E-state index contributed by atoms with van der Waals surface area (Å²) in [5.41, 5.74) is 3.04. The normalized spacial score (nSPS) is 30.0. The molecule has 1 heterocycles. The zero-order chi connectivity index (χ0) is 17.0. The number of nitrogens with one attached hydrogen (secondary N) is 2. The van der Waals surface area contributed by atoms with Gasteiger partial charge in [0.2, 0.25) is 0 Å².